The SMILES string of the molecule is CCC(=O)NCC(=O)NC1CC(CNC(=O)Cc2cccc(CC)c2)C1. The average Bonchev–Trinajstić information content (AvgIpc) is 2.61. The number of hydrogen-bond donors (Lipinski definition) is 3. The van der Waals surface area contributed by atoms with Gasteiger partial charge in [-0.25, -0.2) is 0 Å². The number of hydrogen-bond acceptors (Lipinski definition) is 3. The Bertz CT molecular complexity index is 639. The van der Waals surface area contributed by atoms with E-state index in [0.29, 0.717) is 25.3 Å². The predicted molar refractivity (Wildman–Crippen MR) is 100 cm³/mol. The lowest BCUT2D eigenvalue weighted by Gasteiger charge is -2.36. The van der Waals surface area contributed by atoms with E-state index < -0.39 is 0 Å². The molecule has 0 aromatic heterocycles. The molecule has 26 heavy (non-hydrogen) atoms. The van der Waals surface area contributed by atoms with Crippen LogP contribution in [0, 0.1) is 5.92 Å². The Hall–Kier alpha value is -2.37. The summed E-state index contributed by atoms with van der Waals surface area (Å²) in [5, 5.41) is 8.44. The average molecular weight is 359 g/mol. The lowest BCUT2D eigenvalue weighted by atomic mass is 9.80. The summed E-state index contributed by atoms with van der Waals surface area (Å²) in [7, 11) is 0. The number of amides is 3. The molecule has 0 saturated heterocycles. The molecular formula is C20H29N3O3. The second kappa shape index (κ2) is 9.94. The van der Waals surface area contributed by atoms with Crippen LogP contribution in [-0.2, 0) is 27.2 Å². The van der Waals surface area contributed by atoms with Gasteiger partial charge in [0.1, 0.15) is 0 Å². The maximum Gasteiger partial charge on any atom is 0.239 e. The zero-order valence-corrected chi connectivity index (χ0v) is 15.6. The number of aryl methyl sites for hydroxylation is 1. The van der Waals surface area contributed by atoms with Crippen LogP contribution in [0.1, 0.15) is 44.2 Å². The summed E-state index contributed by atoms with van der Waals surface area (Å²) < 4.78 is 0. The van der Waals surface area contributed by atoms with Crippen molar-refractivity contribution < 1.29 is 14.4 Å². The number of nitrogens with one attached hydrogen (secondary N) is 3. The molecule has 1 aliphatic carbocycles. The number of benzene rings is 1. The summed E-state index contributed by atoms with van der Waals surface area (Å²) in [6.45, 7) is 4.52. The number of carbonyl (C=O) groups excluding carboxylic acids is 3. The van der Waals surface area contributed by atoms with Crippen molar-refractivity contribution in [3.8, 4) is 0 Å². The van der Waals surface area contributed by atoms with Gasteiger partial charge in [0.2, 0.25) is 17.7 Å². The molecule has 1 aliphatic rings. The van der Waals surface area contributed by atoms with Gasteiger partial charge in [-0.2, -0.15) is 0 Å². The molecule has 3 amide bonds. The Labute approximate surface area is 155 Å². The molecule has 3 N–H and O–H groups in total. The van der Waals surface area contributed by atoms with Crippen LogP contribution in [0.3, 0.4) is 0 Å². The Balaban J connectivity index is 1.59. The van der Waals surface area contributed by atoms with Gasteiger partial charge in [0.05, 0.1) is 13.0 Å². The fourth-order valence-electron chi connectivity index (χ4n) is 3.07. The van der Waals surface area contributed by atoms with Crippen molar-refractivity contribution in [3.63, 3.8) is 0 Å². The van der Waals surface area contributed by atoms with Gasteiger partial charge < -0.3 is 16.0 Å². The second-order valence-electron chi connectivity index (χ2n) is 6.89. The molecule has 0 aliphatic heterocycles. The molecule has 0 spiro atoms. The van der Waals surface area contributed by atoms with Crippen molar-refractivity contribution in [2.45, 2.75) is 52.0 Å². The van der Waals surface area contributed by atoms with Crippen molar-refractivity contribution in [2.75, 3.05) is 13.1 Å². The van der Waals surface area contributed by atoms with Gasteiger partial charge in [-0.15, -0.1) is 0 Å². The summed E-state index contributed by atoms with van der Waals surface area (Å²) in [4.78, 5) is 34.9. The largest absolute Gasteiger partial charge is 0.356 e. The minimum atomic E-state index is -0.157. The van der Waals surface area contributed by atoms with Crippen molar-refractivity contribution in [3.05, 3.63) is 35.4 Å². The van der Waals surface area contributed by atoms with E-state index in [1.807, 2.05) is 12.1 Å². The van der Waals surface area contributed by atoms with E-state index in [4.69, 9.17) is 0 Å². The highest BCUT2D eigenvalue weighted by atomic mass is 16.2. The lowest BCUT2D eigenvalue weighted by molar-refractivity contribution is -0.126. The first kappa shape index (κ1) is 19.9. The van der Waals surface area contributed by atoms with Crippen LogP contribution >= 0.6 is 0 Å². The van der Waals surface area contributed by atoms with E-state index >= 15 is 0 Å². The lowest BCUT2D eigenvalue weighted by Crippen LogP contribution is -2.50. The highest BCUT2D eigenvalue weighted by molar-refractivity contribution is 5.84. The monoisotopic (exact) mass is 359 g/mol. The van der Waals surface area contributed by atoms with E-state index in [2.05, 4.69) is 35.0 Å². The maximum atomic E-state index is 12.1. The Morgan fingerprint density at radius 2 is 1.73 bits per heavy atom. The van der Waals surface area contributed by atoms with E-state index in [0.717, 1.165) is 24.8 Å². The van der Waals surface area contributed by atoms with Crippen molar-refractivity contribution in [1.29, 1.82) is 0 Å². The Morgan fingerprint density at radius 1 is 1.00 bits per heavy atom. The van der Waals surface area contributed by atoms with Crippen LogP contribution in [0.15, 0.2) is 24.3 Å². The third kappa shape index (κ3) is 6.50. The first-order chi connectivity index (χ1) is 12.5. The number of carbonyl (C=O) groups is 3. The maximum absolute atomic E-state index is 12.1. The molecule has 1 aromatic rings. The second-order valence-corrected chi connectivity index (χ2v) is 6.89. The fraction of sp³-hybridized carbons (Fsp3) is 0.550. The van der Waals surface area contributed by atoms with Gasteiger partial charge in [0.15, 0.2) is 0 Å². The van der Waals surface area contributed by atoms with Crippen molar-refractivity contribution >= 4 is 17.7 Å². The molecule has 2 rings (SSSR count). The quantitative estimate of drug-likeness (QED) is 0.622. The van der Waals surface area contributed by atoms with Crippen LogP contribution in [0.5, 0.6) is 0 Å². The molecule has 0 bridgehead atoms. The molecule has 0 atom stereocenters. The van der Waals surface area contributed by atoms with E-state index in [-0.39, 0.29) is 30.3 Å². The van der Waals surface area contributed by atoms with Crippen LogP contribution in [0.4, 0.5) is 0 Å². The van der Waals surface area contributed by atoms with Gasteiger partial charge in [0.25, 0.3) is 0 Å². The van der Waals surface area contributed by atoms with Crippen LogP contribution in [-0.4, -0.2) is 36.9 Å². The molecule has 1 aromatic carbocycles. The van der Waals surface area contributed by atoms with Gasteiger partial charge >= 0.3 is 0 Å². The molecule has 0 radical (unpaired) electrons. The topological polar surface area (TPSA) is 87.3 Å². The summed E-state index contributed by atoms with van der Waals surface area (Å²) >= 11 is 0. The molecule has 142 valence electrons. The summed E-state index contributed by atoms with van der Waals surface area (Å²) in [5.74, 6) is 0.151. The van der Waals surface area contributed by atoms with Gasteiger partial charge in [-0.05, 0) is 36.3 Å². The highest BCUT2D eigenvalue weighted by Crippen LogP contribution is 2.26. The van der Waals surface area contributed by atoms with Gasteiger partial charge in [-0.3, -0.25) is 14.4 Å². The molecular weight excluding hydrogens is 330 g/mol. The first-order valence-electron chi connectivity index (χ1n) is 9.40. The minimum Gasteiger partial charge on any atom is -0.356 e. The summed E-state index contributed by atoms with van der Waals surface area (Å²) in [5.41, 5.74) is 2.28. The molecule has 0 unspecified atom stereocenters. The van der Waals surface area contributed by atoms with Crippen molar-refractivity contribution in [2.24, 2.45) is 5.92 Å². The Kier molecular flexibility index (Phi) is 7.63. The zero-order chi connectivity index (χ0) is 18.9. The minimum absolute atomic E-state index is 0.0292. The first-order valence-corrected chi connectivity index (χ1v) is 9.40. The van der Waals surface area contributed by atoms with E-state index in [9.17, 15) is 14.4 Å². The summed E-state index contributed by atoms with van der Waals surface area (Å²) in [6, 6.07) is 8.25. The third-order valence-corrected chi connectivity index (χ3v) is 4.72. The summed E-state index contributed by atoms with van der Waals surface area (Å²) in [6.07, 6.45) is 3.46. The fourth-order valence-corrected chi connectivity index (χ4v) is 3.07. The van der Waals surface area contributed by atoms with Gasteiger partial charge in [0, 0.05) is 19.0 Å². The molecule has 1 saturated carbocycles. The highest BCUT2D eigenvalue weighted by Gasteiger charge is 2.30. The van der Waals surface area contributed by atoms with Crippen molar-refractivity contribution in [1.82, 2.24) is 16.0 Å². The van der Waals surface area contributed by atoms with Crippen LogP contribution in [0.25, 0.3) is 0 Å². The molecule has 1 fully saturated rings. The standard InChI is InChI=1S/C20H29N3O3/c1-3-14-6-5-7-15(8-14)11-19(25)21-12-16-9-17(10-16)23-20(26)13-22-18(24)4-2/h5-8,16-17H,3-4,9-13H2,1-2H3,(H,21,25)(H,22,24)(H,23,26). The third-order valence-electron chi connectivity index (χ3n) is 4.72. The Morgan fingerprint density at radius 3 is 2.42 bits per heavy atom. The number of rotatable bonds is 9. The smallest absolute Gasteiger partial charge is 0.239 e. The van der Waals surface area contributed by atoms with Gasteiger partial charge in [-0.1, -0.05) is 38.1 Å². The molecule has 6 nitrogen and oxygen atoms in total. The molecule has 0 heterocycles. The van der Waals surface area contributed by atoms with E-state index in [1.54, 1.807) is 6.92 Å². The van der Waals surface area contributed by atoms with Crippen LogP contribution in [0.2, 0.25) is 0 Å². The van der Waals surface area contributed by atoms with Crippen LogP contribution < -0.4 is 16.0 Å². The molecule has 6 heteroatoms. The van der Waals surface area contributed by atoms with E-state index in [1.165, 1.54) is 5.56 Å². The normalized spacial score (nSPS) is 18.5. The predicted octanol–water partition coefficient (Wildman–Crippen LogP) is 1.33. The zero-order valence-electron chi connectivity index (χ0n) is 15.6.